The van der Waals surface area contributed by atoms with E-state index in [1.807, 2.05) is 0 Å². The highest BCUT2D eigenvalue weighted by molar-refractivity contribution is 8.15. The van der Waals surface area contributed by atoms with Gasteiger partial charge in [0.05, 0.1) is 27.7 Å². The zero-order chi connectivity index (χ0) is 21.0. The number of nitrogens with one attached hydrogen (secondary N) is 1. The van der Waals surface area contributed by atoms with Crippen molar-refractivity contribution in [2.24, 2.45) is 4.40 Å². The zero-order valence-corrected chi connectivity index (χ0v) is 16.7. The molecule has 2 heterocycles. The molecule has 0 fully saturated rings. The SMILES string of the molecule is O=C(Nc1cc(C(F)(F)F)ccc1Cl)c1ccc2c(c1)SC1=NS(=O)(=O)CCN12. The molecule has 2 aromatic rings. The van der Waals surface area contributed by atoms with Crippen LogP contribution in [0.4, 0.5) is 24.5 Å². The molecule has 4 rings (SSSR count). The van der Waals surface area contributed by atoms with Crippen molar-refractivity contribution < 1.29 is 26.4 Å². The molecule has 0 saturated carbocycles. The Kier molecular flexibility index (Phi) is 4.79. The number of benzene rings is 2. The summed E-state index contributed by atoms with van der Waals surface area (Å²) in [5.41, 5.74) is -0.185. The van der Waals surface area contributed by atoms with E-state index in [4.69, 9.17) is 11.6 Å². The number of anilines is 2. The molecule has 0 radical (unpaired) electrons. The average molecular weight is 462 g/mol. The highest BCUT2D eigenvalue weighted by Crippen LogP contribution is 2.42. The number of amidine groups is 1. The van der Waals surface area contributed by atoms with Gasteiger partial charge in [0.1, 0.15) is 0 Å². The molecular formula is C17H11ClF3N3O3S2. The monoisotopic (exact) mass is 461 g/mol. The van der Waals surface area contributed by atoms with E-state index in [1.165, 1.54) is 12.1 Å². The van der Waals surface area contributed by atoms with Crippen molar-refractivity contribution in [2.75, 3.05) is 22.5 Å². The number of fused-ring (bicyclic) bond motifs is 3. The number of carbonyl (C=O) groups is 1. The molecule has 2 aromatic carbocycles. The van der Waals surface area contributed by atoms with Crippen molar-refractivity contribution in [2.45, 2.75) is 11.1 Å². The zero-order valence-electron chi connectivity index (χ0n) is 14.3. The number of hydrogen-bond acceptors (Lipinski definition) is 5. The molecule has 12 heteroatoms. The molecule has 29 heavy (non-hydrogen) atoms. The summed E-state index contributed by atoms with van der Waals surface area (Å²) in [6.45, 7) is 0.257. The van der Waals surface area contributed by atoms with E-state index in [0.29, 0.717) is 10.1 Å². The van der Waals surface area contributed by atoms with Gasteiger partial charge in [-0.2, -0.15) is 13.2 Å². The molecular weight excluding hydrogens is 451 g/mol. The lowest BCUT2D eigenvalue weighted by atomic mass is 10.1. The van der Waals surface area contributed by atoms with E-state index >= 15 is 0 Å². The molecule has 0 saturated heterocycles. The minimum atomic E-state index is -4.57. The Morgan fingerprint density at radius 3 is 2.69 bits per heavy atom. The van der Waals surface area contributed by atoms with Gasteiger partial charge in [0.15, 0.2) is 5.17 Å². The predicted molar refractivity (Wildman–Crippen MR) is 105 cm³/mol. The first kappa shape index (κ1) is 20.0. The Bertz CT molecular complexity index is 1170. The third-order valence-corrected chi connectivity index (χ3v) is 6.91. The second-order valence-electron chi connectivity index (χ2n) is 6.24. The lowest BCUT2D eigenvalue weighted by Crippen LogP contribution is -2.35. The van der Waals surface area contributed by atoms with Crippen molar-refractivity contribution in [3.63, 3.8) is 0 Å². The highest BCUT2D eigenvalue weighted by atomic mass is 35.5. The second-order valence-corrected chi connectivity index (χ2v) is 9.41. The van der Waals surface area contributed by atoms with Crippen LogP contribution in [0.3, 0.4) is 0 Å². The smallest absolute Gasteiger partial charge is 0.321 e. The van der Waals surface area contributed by atoms with E-state index in [0.717, 1.165) is 35.6 Å². The predicted octanol–water partition coefficient (Wildman–Crippen LogP) is 4.22. The Morgan fingerprint density at radius 2 is 1.97 bits per heavy atom. The number of rotatable bonds is 2. The third kappa shape index (κ3) is 3.94. The maximum atomic E-state index is 12.9. The molecule has 0 aliphatic carbocycles. The van der Waals surface area contributed by atoms with Crippen LogP contribution in [0.1, 0.15) is 15.9 Å². The molecule has 2 aliphatic heterocycles. The lowest BCUT2D eigenvalue weighted by Gasteiger charge is -2.22. The summed E-state index contributed by atoms with van der Waals surface area (Å²) >= 11 is 7.03. The van der Waals surface area contributed by atoms with E-state index < -0.39 is 27.7 Å². The number of sulfonamides is 1. The molecule has 0 atom stereocenters. The van der Waals surface area contributed by atoms with Gasteiger partial charge in [-0.05, 0) is 48.2 Å². The maximum Gasteiger partial charge on any atom is 0.416 e. The summed E-state index contributed by atoms with van der Waals surface area (Å²) in [4.78, 5) is 14.9. The maximum absolute atomic E-state index is 12.9. The summed E-state index contributed by atoms with van der Waals surface area (Å²) in [6.07, 6.45) is -4.57. The minimum absolute atomic E-state index is 0.0291. The van der Waals surface area contributed by atoms with Gasteiger partial charge in [-0.25, -0.2) is 8.42 Å². The van der Waals surface area contributed by atoms with Crippen molar-refractivity contribution in [1.29, 1.82) is 0 Å². The Labute approximate surface area is 172 Å². The van der Waals surface area contributed by atoms with Crippen LogP contribution < -0.4 is 10.2 Å². The van der Waals surface area contributed by atoms with Crippen LogP contribution in [0.2, 0.25) is 5.02 Å². The van der Waals surface area contributed by atoms with Gasteiger partial charge < -0.3 is 10.2 Å². The van der Waals surface area contributed by atoms with Crippen LogP contribution in [0, 0.1) is 0 Å². The normalized spacial score (nSPS) is 17.4. The molecule has 152 valence electrons. The van der Waals surface area contributed by atoms with Gasteiger partial charge in [-0.15, -0.1) is 4.40 Å². The van der Waals surface area contributed by atoms with Crippen LogP contribution in [0.25, 0.3) is 0 Å². The van der Waals surface area contributed by atoms with Gasteiger partial charge in [0.25, 0.3) is 15.9 Å². The van der Waals surface area contributed by atoms with E-state index in [2.05, 4.69) is 9.71 Å². The van der Waals surface area contributed by atoms with Gasteiger partial charge >= 0.3 is 6.18 Å². The average Bonchev–Trinajstić information content (AvgIpc) is 2.97. The van der Waals surface area contributed by atoms with E-state index in [9.17, 15) is 26.4 Å². The Morgan fingerprint density at radius 1 is 1.21 bits per heavy atom. The fourth-order valence-electron chi connectivity index (χ4n) is 2.86. The Hall–Kier alpha value is -2.24. The number of hydrogen-bond donors (Lipinski definition) is 1. The summed E-state index contributed by atoms with van der Waals surface area (Å²) in [6, 6.07) is 7.34. The summed E-state index contributed by atoms with van der Waals surface area (Å²) in [7, 11) is -3.50. The molecule has 0 aromatic heterocycles. The van der Waals surface area contributed by atoms with Crippen LogP contribution in [-0.4, -0.2) is 31.8 Å². The van der Waals surface area contributed by atoms with Crippen molar-refractivity contribution in [1.82, 2.24) is 0 Å². The number of amides is 1. The molecule has 6 nitrogen and oxygen atoms in total. The number of nitrogens with zero attached hydrogens (tertiary/aromatic N) is 2. The first-order valence-electron chi connectivity index (χ1n) is 8.14. The van der Waals surface area contributed by atoms with Crippen molar-refractivity contribution in [3.05, 3.63) is 52.5 Å². The van der Waals surface area contributed by atoms with Crippen molar-refractivity contribution in [3.8, 4) is 0 Å². The second kappa shape index (κ2) is 6.92. The van der Waals surface area contributed by atoms with Crippen LogP contribution >= 0.6 is 23.4 Å². The summed E-state index contributed by atoms with van der Waals surface area (Å²) in [5, 5.41) is 2.67. The molecule has 0 unspecified atom stereocenters. The van der Waals surface area contributed by atoms with E-state index in [1.54, 1.807) is 11.0 Å². The fraction of sp³-hybridized carbons (Fsp3) is 0.176. The topological polar surface area (TPSA) is 78.8 Å². The minimum Gasteiger partial charge on any atom is -0.321 e. The van der Waals surface area contributed by atoms with Gasteiger partial charge in [0.2, 0.25) is 0 Å². The molecule has 2 aliphatic rings. The van der Waals surface area contributed by atoms with Crippen LogP contribution in [-0.2, 0) is 16.2 Å². The van der Waals surface area contributed by atoms with Gasteiger partial charge in [0, 0.05) is 17.0 Å². The van der Waals surface area contributed by atoms with Crippen molar-refractivity contribution >= 4 is 55.8 Å². The molecule has 0 bridgehead atoms. The number of alkyl halides is 3. The quantitative estimate of drug-likeness (QED) is 0.724. The number of halogens is 4. The summed E-state index contributed by atoms with van der Waals surface area (Å²) < 4.78 is 65.7. The van der Waals surface area contributed by atoms with Crippen LogP contribution in [0.5, 0.6) is 0 Å². The Balaban J connectivity index is 1.60. The number of thioether (sulfide) groups is 1. The molecule has 0 spiro atoms. The summed E-state index contributed by atoms with van der Waals surface area (Å²) in [5.74, 6) is -0.749. The lowest BCUT2D eigenvalue weighted by molar-refractivity contribution is -0.137. The molecule has 1 N–H and O–H groups in total. The first-order valence-corrected chi connectivity index (χ1v) is 10.9. The number of carbonyl (C=O) groups excluding carboxylic acids is 1. The van der Waals surface area contributed by atoms with Gasteiger partial charge in [-0.3, -0.25) is 4.79 Å². The first-order chi connectivity index (χ1) is 13.5. The molecule has 1 amide bonds. The van der Waals surface area contributed by atoms with Crippen LogP contribution in [0.15, 0.2) is 45.7 Å². The highest BCUT2D eigenvalue weighted by Gasteiger charge is 2.34. The standard InChI is InChI=1S/C17H11ClF3N3O3S2/c18-11-3-2-10(17(19,20)21)8-12(11)22-15(25)9-1-4-13-14(7-9)28-16-23-29(26,27)6-5-24(13)16/h1-4,7-8H,5-6H2,(H,22,25). The fourth-order valence-corrected chi connectivity index (χ4v) is 5.32. The third-order valence-electron chi connectivity index (χ3n) is 4.28. The largest absolute Gasteiger partial charge is 0.416 e. The van der Waals surface area contributed by atoms with Gasteiger partial charge in [-0.1, -0.05) is 11.6 Å². The van der Waals surface area contributed by atoms with E-state index in [-0.39, 0.29) is 28.6 Å².